The van der Waals surface area contributed by atoms with E-state index in [9.17, 15) is 23.3 Å². The van der Waals surface area contributed by atoms with Gasteiger partial charge in [-0.15, -0.1) is 0 Å². The number of aromatic nitrogens is 2. The molecule has 0 unspecified atom stereocenters. The number of hydrogen-bond donors (Lipinski definition) is 3. The zero-order chi connectivity index (χ0) is 43.2. The molecule has 1 atom stereocenters. The highest BCUT2D eigenvalue weighted by Gasteiger charge is 2.34. The molecule has 3 aromatic carbocycles. The van der Waals surface area contributed by atoms with Crippen LogP contribution < -0.4 is 24.4 Å². The Morgan fingerprint density at radius 1 is 1.06 bits per heavy atom. The molecule has 3 N–H and O–H groups in total. The van der Waals surface area contributed by atoms with E-state index in [0.29, 0.717) is 24.5 Å². The number of H-pyrrole nitrogens is 1. The number of fused-ring (bicyclic) bond motifs is 2. The van der Waals surface area contributed by atoms with Gasteiger partial charge in [-0.1, -0.05) is 43.2 Å². The highest BCUT2D eigenvalue weighted by molar-refractivity contribution is 7.90. The second kappa shape index (κ2) is 16.9. The van der Waals surface area contributed by atoms with E-state index in [-0.39, 0.29) is 53.5 Å². The molecule has 15 nitrogen and oxygen atoms in total. The Morgan fingerprint density at radius 2 is 1.85 bits per heavy atom. The van der Waals surface area contributed by atoms with Crippen LogP contribution in [0.25, 0.3) is 16.6 Å². The number of anilines is 2. The number of halogens is 1. The number of nitrogens with zero attached hydrogens (tertiary/aromatic N) is 4. The first-order chi connectivity index (χ1) is 29.8. The van der Waals surface area contributed by atoms with Crippen LogP contribution in [0.3, 0.4) is 0 Å². The molecular weight excluding hydrogens is 834 g/mol. The standard InChI is InChI=1S/C45H48ClN7O8S/c1-45(2)13-11-30(38(23-45)28-3-5-31(46)6-4-28)25-51-15-17-52(18-16-51)33-7-10-37(40(20-33)61-35-19-29-12-14-47-43(29)48-24-35)44(54)50-62(57,58)36-21-39(53(55)56)42-41(22-36)60-27-32(49-42)26-59-34-8-9-34/h3-7,10,12,14,19-22,24,32,34,49H,8-9,11,13,15-18,23,25-27H2,1-2H3,(H,47,48)(H,50,54)/t32-/m1/s1. The number of allylic oxidation sites excluding steroid dienone is 1. The summed E-state index contributed by atoms with van der Waals surface area (Å²) >= 11 is 6.24. The van der Waals surface area contributed by atoms with Gasteiger partial charge in [-0.3, -0.25) is 19.8 Å². The topological polar surface area (TPSA) is 181 Å². The largest absolute Gasteiger partial charge is 0.489 e. The summed E-state index contributed by atoms with van der Waals surface area (Å²) in [6, 6.07) is 18.5. The van der Waals surface area contributed by atoms with Crippen LogP contribution in [0.1, 0.15) is 61.9 Å². The van der Waals surface area contributed by atoms with Crippen LogP contribution >= 0.6 is 11.6 Å². The molecule has 2 aromatic heterocycles. The van der Waals surface area contributed by atoms with Crippen molar-refractivity contribution in [2.75, 3.05) is 56.2 Å². The van der Waals surface area contributed by atoms with Gasteiger partial charge in [0.15, 0.2) is 11.4 Å². The SMILES string of the molecule is CC1(C)CCC(CN2CCN(c3ccc(C(=O)NS(=O)(=O)c4cc5c(c([N+](=O)[O-])c4)N[C@H](COC4CC4)CO5)c(Oc4cnc5[nH]ccc5c4)c3)CC2)=C(c2ccc(Cl)cc2)C1. The maximum atomic E-state index is 14.0. The fourth-order valence-corrected chi connectivity index (χ4v) is 9.49. The Balaban J connectivity index is 0.942. The van der Waals surface area contributed by atoms with Gasteiger partial charge in [0.2, 0.25) is 0 Å². The molecule has 2 aliphatic carbocycles. The van der Waals surface area contributed by atoms with E-state index in [4.69, 9.17) is 25.8 Å². The van der Waals surface area contributed by atoms with Gasteiger partial charge in [-0.05, 0) is 85.1 Å². The minimum absolute atomic E-state index is 0.0165. The van der Waals surface area contributed by atoms with Gasteiger partial charge in [0.05, 0.1) is 40.3 Å². The lowest BCUT2D eigenvalue weighted by atomic mass is 9.72. The van der Waals surface area contributed by atoms with Crippen molar-refractivity contribution in [1.82, 2.24) is 19.6 Å². The Labute approximate surface area is 364 Å². The van der Waals surface area contributed by atoms with Crippen molar-refractivity contribution < 1.29 is 32.3 Å². The molecular formula is C45H48ClN7O8S. The lowest BCUT2D eigenvalue weighted by Gasteiger charge is -2.39. The number of ether oxygens (including phenoxy) is 3. The van der Waals surface area contributed by atoms with E-state index in [1.54, 1.807) is 24.4 Å². The maximum Gasteiger partial charge on any atom is 0.297 e. The third-order valence-corrected chi connectivity index (χ3v) is 13.5. The van der Waals surface area contributed by atoms with Crippen LogP contribution in [0.15, 0.2) is 89.6 Å². The van der Waals surface area contributed by atoms with Gasteiger partial charge in [0.1, 0.15) is 23.8 Å². The maximum absolute atomic E-state index is 14.0. The number of nitro groups is 1. The summed E-state index contributed by atoms with van der Waals surface area (Å²) in [5.74, 6) is -0.547. The van der Waals surface area contributed by atoms with Crippen molar-refractivity contribution in [3.8, 4) is 17.2 Å². The zero-order valence-corrected chi connectivity index (χ0v) is 36.1. The van der Waals surface area contributed by atoms with E-state index >= 15 is 0 Å². The molecule has 17 heteroatoms. The number of hydrogen-bond acceptors (Lipinski definition) is 12. The van der Waals surface area contributed by atoms with Crippen LogP contribution in [0, 0.1) is 15.5 Å². The van der Waals surface area contributed by atoms with Gasteiger partial charge in [0.25, 0.3) is 21.6 Å². The molecule has 4 heterocycles. The highest BCUT2D eigenvalue weighted by atomic mass is 35.5. The van der Waals surface area contributed by atoms with Crippen LogP contribution in [0.4, 0.5) is 17.1 Å². The fraction of sp³-hybridized carbons (Fsp3) is 0.378. The van der Waals surface area contributed by atoms with Crippen LogP contribution in [-0.4, -0.2) is 92.2 Å². The predicted molar refractivity (Wildman–Crippen MR) is 237 cm³/mol. The molecule has 0 spiro atoms. The number of nitrogens with one attached hydrogen (secondary N) is 3. The summed E-state index contributed by atoms with van der Waals surface area (Å²) in [4.78, 5) is 37.2. The van der Waals surface area contributed by atoms with Crippen molar-refractivity contribution in [3.05, 3.63) is 111 Å². The number of pyridine rings is 1. The van der Waals surface area contributed by atoms with Gasteiger partial charge in [0, 0.05) is 73.2 Å². The molecule has 0 bridgehead atoms. The van der Waals surface area contributed by atoms with Crippen LogP contribution in [-0.2, 0) is 14.8 Å². The zero-order valence-electron chi connectivity index (χ0n) is 34.5. The molecule has 324 valence electrons. The summed E-state index contributed by atoms with van der Waals surface area (Å²) in [5.41, 5.74) is 5.25. The quantitative estimate of drug-likeness (QED) is 0.0764. The second-order valence-electron chi connectivity index (χ2n) is 17.3. The smallest absolute Gasteiger partial charge is 0.297 e. The second-order valence-corrected chi connectivity index (χ2v) is 19.4. The monoisotopic (exact) mass is 881 g/mol. The Bertz CT molecular complexity index is 2670. The fourth-order valence-electron chi connectivity index (χ4n) is 8.36. The summed E-state index contributed by atoms with van der Waals surface area (Å²) < 4.78 is 47.6. The lowest BCUT2D eigenvalue weighted by molar-refractivity contribution is -0.384. The van der Waals surface area contributed by atoms with E-state index < -0.39 is 31.4 Å². The number of aromatic amines is 1. The Morgan fingerprint density at radius 3 is 2.61 bits per heavy atom. The van der Waals surface area contributed by atoms with Gasteiger partial charge in [-0.25, -0.2) is 18.1 Å². The number of carbonyl (C=O) groups is 1. The number of piperazine rings is 1. The molecule has 5 aromatic rings. The first-order valence-electron chi connectivity index (χ1n) is 20.9. The number of amides is 1. The number of nitro benzene ring substituents is 1. The average Bonchev–Trinajstić information content (AvgIpc) is 3.97. The molecule has 4 aliphatic rings. The number of rotatable bonds is 13. The molecule has 1 saturated heterocycles. The van der Waals surface area contributed by atoms with E-state index in [1.165, 1.54) is 35.0 Å². The van der Waals surface area contributed by atoms with Crippen molar-refractivity contribution in [2.45, 2.75) is 63.0 Å². The van der Waals surface area contributed by atoms with Crippen LogP contribution in [0.2, 0.25) is 5.02 Å². The summed E-state index contributed by atoms with van der Waals surface area (Å²) in [5, 5.41) is 16.8. The van der Waals surface area contributed by atoms with Gasteiger partial charge < -0.3 is 29.4 Å². The van der Waals surface area contributed by atoms with Gasteiger partial charge in [-0.2, -0.15) is 0 Å². The average molecular weight is 882 g/mol. The first kappa shape index (κ1) is 41.7. The van der Waals surface area contributed by atoms with E-state index in [1.807, 2.05) is 18.2 Å². The lowest BCUT2D eigenvalue weighted by Crippen LogP contribution is -2.47. The predicted octanol–water partition coefficient (Wildman–Crippen LogP) is 8.17. The van der Waals surface area contributed by atoms with E-state index in [2.05, 4.69) is 55.8 Å². The molecule has 2 fully saturated rings. The highest BCUT2D eigenvalue weighted by Crippen LogP contribution is 2.44. The normalized spacial score (nSPS) is 19.1. The molecule has 1 saturated carbocycles. The van der Waals surface area contributed by atoms with Crippen molar-refractivity contribution >= 4 is 61.2 Å². The number of benzene rings is 3. The molecule has 2 aliphatic heterocycles. The minimum Gasteiger partial charge on any atom is -0.489 e. The van der Waals surface area contributed by atoms with Crippen molar-refractivity contribution in [2.24, 2.45) is 5.41 Å². The number of carbonyl (C=O) groups excluding carboxylic acids is 1. The van der Waals surface area contributed by atoms with Crippen molar-refractivity contribution in [1.29, 1.82) is 0 Å². The molecule has 1 amide bonds. The molecule has 62 heavy (non-hydrogen) atoms. The van der Waals surface area contributed by atoms with Gasteiger partial charge >= 0.3 is 0 Å². The first-order valence-corrected chi connectivity index (χ1v) is 22.7. The minimum atomic E-state index is -4.65. The summed E-state index contributed by atoms with van der Waals surface area (Å²) in [7, 11) is -4.65. The van der Waals surface area contributed by atoms with Crippen molar-refractivity contribution in [3.63, 3.8) is 0 Å². The van der Waals surface area contributed by atoms with Crippen LogP contribution in [0.5, 0.6) is 17.2 Å². The third kappa shape index (κ3) is 9.23. The molecule has 9 rings (SSSR count). The number of sulfonamides is 1. The molecule has 0 radical (unpaired) electrons. The summed E-state index contributed by atoms with van der Waals surface area (Å²) in [6.07, 6.45) is 8.58. The summed E-state index contributed by atoms with van der Waals surface area (Å²) in [6.45, 7) is 8.99. The Kier molecular flexibility index (Phi) is 11.3. The van der Waals surface area contributed by atoms with E-state index in [0.717, 1.165) is 73.9 Å². The third-order valence-electron chi connectivity index (χ3n) is 12.0. The Hall–Kier alpha value is -5.68.